The van der Waals surface area contributed by atoms with Crippen molar-refractivity contribution >= 4 is 29.3 Å². The lowest BCUT2D eigenvalue weighted by Gasteiger charge is -2.10. The minimum Gasteiger partial charge on any atom is -0.493 e. The Balaban J connectivity index is 2.01. The van der Waals surface area contributed by atoms with Crippen LogP contribution in [0.3, 0.4) is 0 Å². The van der Waals surface area contributed by atoms with E-state index in [2.05, 4.69) is 10.6 Å². The third-order valence-corrected chi connectivity index (χ3v) is 3.81. The number of methoxy groups -OCH3 is 1. The van der Waals surface area contributed by atoms with Crippen LogP contribution in [0.4, 0.5) is 11.4 Å². The number of carbonyl (C=O) groups is 2. The number of anilines is 2. The van der Waals surface area contributed by atoms with Crippen LogP contribution in [0.25, 0.3) is 6.08 Å². The Kier molecular flexibility index (Phi) is 8.09. The Labute approximate surface area is 165 Å². The first-order valence-corrected chi connectivity index (χ1v) is 9.25. The highest BCUT2D eigenvalue weighted by molar-refractivity contribution is 6.02. The number of benzene rings is 2. The molecule has 148 valence electrons. The third-order valence-electron chi connectivity index (χ3n) is 3.81. The van der Waals surface area contributed by atoms with Crippen LogP contribution in [-0.4, -0.2) is 25.5 Å². The van der Waals surface area contributed by atoms with Gasteiger partial charge in [-0.1, -0.05) is 26.0 Å². The van der Waals surface area contributed by atoms with E-state index in [1.165, 1.54) is 6.08 Å². The maximum atomic E-state index is 12.2. The number of nitrogens with one attached hydrogen (secondary N) is 2. The van der Waals surface area contributed by atoms with Crippen molar-refractivity contribution in [2.24, 2.45) is 0 Å². The molecular formula is C22H26N2O4. The van der Waals surface area contributed by atoms with Gasteiger partial charge >= 0.3 is 0 Å². The molecule has 0 aliphatic rings. The number of ether oxygens (including phenoxy) is 2. The lowest BCUT2D eigenvalue weighted by molar-refractivity contribution is -0.116. The van der Waals surface area contributed by atoms with Crippen molar-refractivity contribution in [3.8, 4) is 11.5 Å². The zero-order valence-electron chi connectivity index (χ0n) is 16.5. The molecule has 2 amide bonds. The number of hydrogen-bond donors (Lipinski definition) is 2. The van der Waals surface area contributed by atoms with Crippen molar-refractivity contribution in [1.82, 2.24) is 0 Å². The van der Waals surface area contributed by atoms with E-state index in [1.54, 1.807) is 44.4 Å². The molecule has 6 nitrogen and oxygen atoms in total. The fourth-order valence-electron chi connectivity index (χ4n) is 2.40. The predicted molar refractivity (Wildman–Crippen MR) is 112 cm³/mol. The van der Waals surface area contributed by atoms with Crippen molar-refractivity contribution in [1.29, 1.82) is 0 Å². The summed E-state index contributed by atoms with van der Waals surface area (Å²) in [6.07, 6.45) is 4.45. The molecule has 0 saturated heterocycles. The number of hydrogen-bond acceptors (Lipinski definition) is 4. The van der Waals surface area contributed by atoms with E-state index < -0.39 is 0 Å². The molecule has 0 bridgehead atoms. The van der Waals surface area contributed by atoms with Gasteiger partial charge in [0, 0.05) is 23.9 Å². The molecule has 0 fully saturated rings. The van der Waals surface area contributed by atoms with Crippen LogP contribution < -0.4 is 20.1 Å². The lowest BCUT2D eigenvalue weighted by Crippen LogP contribution is -2.11. The Hall–Kier alpha value is -3.28. The van der Waals surface area contributed by atoms with Crippen LogP contribution in [0.5, 0.6) is 11.5 Å². The largest absolute Gasteiger partial charge is 0.493 e. The zero-order valence-corrected chi connectivity index (χ0v) is 16.5. The highest BCUT2D eigenvalue weighted by Gasteiger charge is 2.05. The summed E-state index contributed by atoms with van der Waals surface area (Å²) in [4.78, 5) is 23.7. The minimum absolute atomic E-state index is 0.0799. The fraction of sp³-hybridized carbons (Fsp3) is 0.273. The van der Waals surface area contributed by atoms with Gasteiger partial charge in [-0.05, 0) is 48.4 Å². The molecular weight excluding hydrogens is 356 g/mol. The predicted octanol–water partition coefficient (Wildman–Crippen LogP) is 4.48. The fourth-order valence-corrected chi connectivity index (χ4v) is 2.40. The van der Waals surface area contributed by atoms with Gasteiger partial charge in [-0.3, -0.25) is 9.59 Å². The van der Waals surface area contributed by atoms with Crippen LogP contribution >= 0.6 is 0 Å². The Morgan fingerprint density at radius 2 is 1.75 bits per heavy atom. The molecule has 0 radical (unpaired) electrons. The Morgan fingerprint density at radius 3 is 2.43 bits per heavy atom. The minimum atomic E-state index is -0.274. The molecule has 0 unspecified atom stereocenters. The summed E-state index contributed by atoms with van der Waals surface area (Å²) in [5, 5.41) is 5.54. The van der Waals surface area contributed by atoms with E-state index >= 15 is 0 Å². The molecule has 6 heteroatoms. The molecule has 0 heterocycles. The molecule has 2 aromatic rings. The molecule has 2 N–H and O–H groups in total. The van der Waals surface area contributed by atoms with Crippen molar-refractivity contribution in [2.45, 2.75) is 26.7 Å². The average molecular weight is 382 g/mol. The van der Waals surface area contributed by atoms with E-state index in [1.807, 2.05) is 25.1 Å². The number of amides is 2. The second-order valence-corrected chi connectivity index (χ2v) is 6.06. The van der Waals surface area contributed by atoms with Crippen molar-refractivity contribution < 1.29 is 19.1 Å². The van der Waals surface area contributed by atoms with E-state index in [9.17, 15) is 9.59 Å². The number of carbonyl (C=O) groups excluding carboxylic acids is 2. The SMILES string of the molecule is CCCOc1ccc(/C=C/C(=O)Nc2cccc(NC(=O)CC)c2)cc1OC. The standard InChI is InChI=1S/C22H26N2O4/c1-4-13-28-19-11-9-16(14-20(19)27-3)10-12-22(26)24-18-8-6-7-17(15-18)23-21(25)5-2/h6-12,14-15H,4-5,13H2,1-3H3,(H,23,25)(H,24,26)/b12-10+. The quantitative estimate of drug-likeness (QED) is 0.627. The molecule has 0 atom stereocenters. The third kappa shape index (κ3) is 6.46. The normalized spacial score (nSPS) is 10.5. The monoisotopic (exact) mass is 382 g/mol. The molecule has 0 spiro atoms. The van der Waals surface area contributed by atoms with Gasteiger partial charge in [0.25, 0.3) is 0 Å². The summed E-state index contributed by atoms with van der Waals surface area (Å²) in [6, 6.07) is 12.5. The van der Waals surface area contributed by atoms with Gasteiger partial charge in [-0.25, -0.2) is 0 Å². The average Bonchev–Trinajstić information content (AvgIpc) is 2.71. The van der Waals surface area contributed by atoms with Crippen molar-refractivity contribution in [2.75, 3.05) is 24.4 Å². The van der Waals surface area contributed by atoms with Crippen LogP contribution in [0.2, 0.25) is 0 Å². The summed E-state index contributed by atoms with van der Waals surface area (Å²) >= 11 is 0. The molecule has 2 rings (SSSR count). The first kappa shape index (κ1) is 21.0. The van der Waals surface area contributed by atoms with Crippen LogP contribution in [0.15, 0.2) is 48.5 Å². The molecule has 0 aliphatic heterocycles. The van der Waals surface area contributed by atoms with Gasteiger partial charge in [0.1, 0.15) is 0 Å². The second kappa shape index (κ2) is 10.8. The summed E-state index contributed by atoms with van der Waals surface area (Å²) in [5.41, 5.74) is 2.06. The van der Waals surface area contributed by atoms with E-state index in [0.29, 0.717) is 35.9 Å². The summed E-state index contributed by atoms with van der Waals surface area (Å²) in [5.74, 6) is 0.945. The second-order valence-electron chi connectivity index (χ2n) is 6.06. The maximum absolute atomic E-state index is 12.2. The maximum Gasteiger partial charge on any atom is 0.248 e. The topological polar surface area (TPSA) is 76.7 Å². The lowest BCUT2D eigenvalue weighted by atomic mass is 10.2. The van der Waals surface area contributed by atoms with Crippen LogP contribution in [0.1, 0.15) is 32.3 Å². The Morgan fingerprint density at radius 1 is 1.00 bits per heavy atom. The first-order chi connectivity index (χ1) is 13.5. The van der Waals surface area contributed by atoms with Gasteiger partial charge in [0.15, 0.2) is 11.5 Å². The van der Waals surface area contributed by atoms with E-state index in [4.69, 9.17) is 9.47 Å². The molecule has 0 aliphatic carbocycles. The summed E-state index contributed by atoms with van der Waals surface area (Å²) in [7, 11) is 1.58. The van der Waals surface area contributed by atoms with Crippen molar-refractivity contribution in [3.63, 3.8) is 0 Å². The summed E-state index contributed by atoms with van der Waals surface area (Å²) in [6.45, 7) is 4.44. The van der Waals surface area contributed by atoms with E-state index in [-0.39, 0.29) is 11.8 Å². The first-order valence-electron chi connectivity index (χ1n) is 9.25. The highest BCUT2D eigenvalue weighted by atomic mass is 16.5. The molecule has 2 aromatic carbocycles. The van der Waals surface area contributed by atoms with Gasteiger partial charge in [-0.15, -0.1) is 0 Å². The smallest absolute Gasteiger partial charge is 0.248 e. The molecule has 28 heavy (non-hydrogen) atoms. The van der Waals surface area contributed by atoms with Crippen LogP contribution in [0, 0.1) is 0 Å². The van der Waals surface area contributed by atoms with Gasteiger partial charge < -0.3 is 20.1 Å². The van der Waals surface area contributed by atoms with Crippen molar-refractivity contribution in [3.05, 3.63) is 54.1 Å². The van der Waals surface area contributed by atoms with E-state index in [0.717, 1.165) is 12.0 Å². The molecule has 0 aromatic heterocycles. The molecule has 0 saturated carbocycles. The van der Waals surface area contributed by atoms with Gasteiger partial charge in [0.05, 0.1) is 13.7 Å². The van der Waals surface area contributed by atoms with Crippen LogP contribution in [-0.2, 0) is 9.59 Å². The highest BCUT2D eigenvalue weighted by Crippen LogP contribution is 2.28. The van der Waals surface area contributed by atoms with Gasteiger partial charge in [-0.2, -0.15) is 0 Å². The Bertz CT molecular complexity index is 846. The van der Waals surface area contributed by atoms with Gasteiger partial charge in [0.2, 0.25) is 11.8 Å². The summed E-state index contributed by atoms with van der Waals surface area (Å²) < 4.78 is 11.0. The number of rotatable bonds is 9. The zero-order chi connectivity index (χ0) is 20.4.